The molecule has 0 atom stereocenters. The lowest BCUT2D eigenvalue weighted by Gasteiger charge is -2.09. The summed E-state index contributed by atoms with van der Waals surface area (Å²) in [7, 11) is 1.97. The van der Waals surface area contributed by atoms with Gasteiger partial charge in [0.1, 0.15) is 11.6 Å². The molecular formula is C16H17N5O. The van der Waals surface area contributed by atoms with E-state index in [1.165, 1.54) is 6.92 Å². The molecule has 1 aromatic carbocycles. The fourth-order valence-electron chi connectivity index (χ4n) is 2.30. The van der Waals surface area contributed by atoms with Crippen LogP contribution in [0.4, 0.5) is 5.69 Å². The first-order valence-corrected chi connectivity index (χ1v) is 6.99. The average molecular weight is 295 g/mol. The van der Waals surface area contributed by atoms with Crippen LogP contribution < -0.4 is 5.32 Å². The van der Waals surface area contributed by atoms with Crippen molar-refractivity contribution < 1.29 is 4.79 Å². The molecule has 3 aromatic rings. The van der Waals surface area contributed by atoms with Crippen molar-refractivity contribution in [1.82, 2.24) is 19.1 Å². The van der Waals surface area contributed by atoms with E-state index in [-0.39, 0.29) is 5.91 Å². The Kier molecular flexibility index (Phi) is 3.74. The Morgan fingerprint density at radius 2 is 1.86 bits per heavy atom. The molecule has 6 heteroatoms. The van der Waals surface area contributed by atoms with Gasteiger partial charge in [-0.05, 0) is 24.3 Å². The van der Waals surface area contributed by atoms with E-state index in [2.05, 4.69) is 19.9 Å². The molecule has 2 aromatic heterocycles. The van der Waals surface area contributed by atoms with Gasteiger partial charge in [-0.25, -0.2) is 9.97 Å². The van der Waals surface area contributed by atoms with Crippen molar-refractivity contribution >= 4 is 11.6 Å². The molecule has 1 amide bonds. The summed E-state index contributed by atoms with van der Waals surface area (Å²) in [5, 5.41) is 2.76. The van der Waals surface area contributed by atoms with E-state index in [1.54, 1.807) is 12.4 Å². The summed E-state index contributed by atoms with van der Waals surface area (Å²) < 4.78 is 4.04. The molecule has 0 fully saturated rings. The van der Waals surface area contributed by atoms with E-state index >= 15 is 0 Å². The summed E-state index contributed by atoms with van der Waals surface area (Å²) in [5.41, 5.74) is 1.77. The van der Waals surface area contributed by atoms with Crippen molar-refractivity contribution in [2.24, 2.45) is 7.05 Å². The highest BCUT2D eigenvalue weighted by Crippen LogP contribution is 2.20. The summed E-state index contributed by atoms with van der Waals surface area (Å²) >= 11 is 0. The Hall–Kier alpha value is -2.89. The minimum atomic E-state index is -0.0796. The lowest BCUT2D eigenvalue weighted by Crippen LogP contribution is -2.07. The van der Waals surface area contributed by atoms with Gasteiger partial charge in [0.25, 0.3) is 0 Å². The maximum absolute atomic E-state index is 11.1. The number of rotatable bonds is 4. The van der Waals surface area contributed by atoms with Gasteiger partial charge >= 0.3 is 0 Å². The topological polar surface area (TPSA) is 64.7 Å². The zero-order valence-electron chi connectivity index (χ0n) is 12.5. The van der Waals surface area contributed by atoms with Gasteiger partial charge in [0.15, 0.2) is 0 Å². The molecule has 0 aliphatic carbocycles. The first-order valence-electron chi connectivity index (χ1n) is 6.99. The van der Waals surface area contributed by atoms with Crippen LogP contribution >= 0.6 is 0 Å². The van der Waals surface area contributed by atoms with Gasteiger partial charge < -0.3 is 14.5 Å². The molecule has 2 heterocycles. The summed E-state index contributed by atoms with van der Waals surface area (Å²) in [5.74, 6) is 1.76. The summed E-state index contributed by atoms with van der Waals surface area (Å²) in [6, 6.07) is 7.64. The van der Waals surface area contributed by atoms with Crippen LogP contribution in [0.2, 0.25) is 0 Å². The van der Waals surface area contributed by atoms with Crippen LogP contribution in [0.5, 0.6) is 0 Å². The van der Waals surface area contributed by atoms with Crippen LogP contribution in [0.25, 0.3) is 11.4 Å². The lowest BCUT2D eigenvalue weighted by atomic mass is 10.2. The van der Waals surface area contributed by atoms with Gasteiger partial charge in [-0.1, -0.05) is 0 Å². The van der Waals surface area contributed by atoms with Crippen LogP contribution in [0.3, 0.4) is 0 Å². The van der Waals surface area contributed by atoms with Crippen molar-refractivity contribution in [3.63, 3.8) is 0 Å². The Morgan fingerprint density at radius 1 is 1.14 bits per heavy atom. The number of carbonyl (C=O) groups is 1. The molecule has 1 N–H and O–H groups in total. The molecule has 0 spiro atoms. The molecule has 112 valence electrons. The molecule has 6 nitrogen and oxygen atoms in total. The van der Waals surface area contributed by atoms with Crippen LogP contribution in [-0.2, 0) is 18.4 Å². The van der Waals surface area contributed by atoms with E-state index in [9.17, 15) is 4.79 Å². The first-order chi connectivity index (χ1) is 10.6. The van der Waals surface area contributed by atoms with Crippen molar-refractivity contribution in [3.05, 3.63) is 54.9 Å². The normalized spacial score (nSPS) is 10.6. The number of hydrogen-bond acceptors (Lipinski definition) is 3. The molecule has 0 saturated carbocycles. The minimum Gasteiger partial charge on any atom is -0.337 e. The number of aromatic nitrogens is 4. The van der Waals surface area contributed by atoms with E-state index in [0.717, 1.165) is 22.9 Å². The minimum absolute atomic E-state index is 0.0796. The van der Waals surface area contributed by atoms with Crippen molar-refractivity contribution in [2.45, 2.75) is 13.5 Å². The molecule has 0 radical (unpaired) electrons. The second kappa shape index (κ2) is 5.85. The number of benzene rings is 1. The number of nitrogens with one attached hydrogen (secondary N) is 1. The largest absolute Gasteiger partial charge is 0.337 e. The number of aryl methyl sites for hydroxylation is 1. The predicted octanol–water partition coefficient (Wildman–Crippen LogP) is 2.29. The highest BCUT2D eigenvalue weighted by atomic mass is 16.1. The number of hydrogen-bond donors (Lipinski definition) is 1. The van der Waals surface area contributed by atoms with Gasteiger partial charge in [-0.15, -0.1) is 0 Å². The first kappa shape index (κ1) is 14.1. The standard InChI is InChI=1S/C16H17N5O/c1-12(22)19-14-5-3-13(4-6-14)16-18-8-10-21(16)11-15-17-7-9-20(15)2/h3-10H,11H2,1-2H3,(H,19,22). The second-order valence-electron chi connectivity index (χ2n) is 5.09. The van der Waals surface area contributed by atoms with Gasteiger partial charge in [0, 0.05) is 50.0 Å². The zero-order chi connectivity index (χ0) is 15.5. The monoisotopic (exact) mass is 295 g/mol. The fraction of sp³-hybridized carbons (Fsp3) is 0.188. The summed E-state index contributed by atoms with van der Waals surface area (Å²) in [4.78, 5) is 19.8. The van der Waals surface area contributed by atoms with Crippen LogP contribution in [0, 0.1) is 0 Å². The maximum Gasteiger partial charge on any atom is 0.221 e. The van der Waals surface area contributed by atoms with Gasteiger partial charge in [0.2, 0.25) is 5.91 Å². The number of imidazole rings is 2. The van der Waals surface area contributed by atoms with Crippen molar-refractivity contribution in [2.75, 3.05) is 5.32 Å². The molecule has 22 heavy (non-hydrogen) atoms. The smallest absolute Gasteiger partial charge is 0.221 e. The Bertz CT molecular complexity index is 785. The third kappa shape index (κ3) is 2.90. The van der Waals surface area contributed by atoms with E-state index in [4.69, 9.17) is 0 Å². The number of anilines is 1. The molecule has 0 aliphatic rings. The quantitative estimate of drug-likeness (QED) is 0.803. The van der Waals surface area contributed by atoms with Crippen molar-refractivity contribution in [1.29, 1.82) is 0 Å². The molecule has 3 rings (SSSR count). The van der Waals surface area contributed by atoms with Gasteiger partial charge in [-0.2, -0.15) is 0 Å². The number of amides is 1. The van der Waals surface area contributed by atoms with Crippen molar-refractivity contribution in [3.8, 4) is 11.4 Å². The van der Waals surface area contributed by atoms with Gasteiger partial charge in [0.05, 0.1) is 6.54 Å². The molecular weight excluding hydrogens is 278 g/mol. The maximum atomic E-state index is 11.1. The summed E-state index contributed by atoms with van der Waals surface area (Å²) in [6.07, 6.45) is 7.42. The average Bonchev–Trinajstić information content (AvgIpc) is 3.10. The van der Waals surface area contributed by atoms with E-state index in [1.807, 2.05) is 48.3 Å². The molecule has 0 saturated heterocycles. The fourth-order valence-corrected chi connectivity index (χ4v) is 2.30. The number of carbonyl (C=O) groups excluding carboxylic acids is 1. The predicted molar refractivity (Wildman–Crippen MR) is 84.3 cm³/mol. The number of nitrogens with zero attached hydrogens (tertiary/aromatic N) is 4. The SMILES string of the molecule is CC(=O)Nc1ccc(-c2nccn2Cc2nccn2C)cc1. The molecule has 0 bridgehead atoms. The van der Waals surface area contributed by atoms with E-state index in [0.29, 0.717) is 6.54 Å². The Morgan fingerprint density at radius 3 is 2.50 bits per heavy atom. The summed E-state index contributed by atoms with van der Waals surface area (Å²) in [6.45, 7) is 2.15. The van der Waals surface area contributed by atoms with Gasteiger partial charge in [-0.3, -0.25) is 4.79 Å². The van der Waals surface area contributed by atoms with Crippen LogP contribution in [-0.4, -0.2) is 25.0 Å². The highest BCUT2D eigenvalue weighted by molar-refractivity contribution is 5.88. The third-order valence-electron chi connectivity index (χ3n) is 3.41. The zero-order valence-corrected chi connectivity index (χ0v) is 12.5. The molecule has 0 aliphatic heterocycles. The Balaban J connectivity index is 1.85. The van der Waals surface area contributed by atoms with E-state index < -0.39 is 0 Å². The molecule has 0 unspecified atom stereocenters. The highest BCUT2D eigenvalue weighted by Gasteiger charge is 2.08. The lowest BCUT2D eigenvalue weighted by molar-refractivity contribution is -0.114. The van der Waals surface area contributed by atoms with Crippen LogP contribution in [0.1, 0.15) is 12.7 Å². The Labute approximate surface area is 128 Å². The second-order valence-corrected chi connectivity index (χ2v) is 5.09. The third-order valence-corrected chi connectivity index (χ3v) is 3.41. The van der Waals surface area contributed by atoms with Crippen LogP contribution in [0.15, 0.2) is 49.1 Å².